The van der Waals surface area contributed by atoms with E-state index in [0.29, 0.717) is 13.1 Å². The van der Waals surface area contributed by atoms with Crippen molar-refractivity contribution in [2.24, 2.45) is 0 Å². The largest absolute Gasteiger partial charge is 0.330 e. The van der Waals surface area contributed by atoms with E-state index in [9.17, 15) is 9.59 Å². The highest BCUT2D eigenvalue weighted by Gasteiger charge is 2.05. The van der Waals surface area contributed by atoms with Gasteiger partial charge in [0.25, 0.3) is 5.56 Å². The van der Waals surface area contributed by atoms with E-state index < -0.39 is 0 Å². The molecule has 0 radical (unpaired) electrons. The van der Waals surface area contributed by atoms with Crippen molar-refractivity contribution in [3.63, 3.8) is 0 Å². The molecule has 0 N–H and O–H groups in total. The van der Waals surface area contributed by atoms with E-state index in [2.05, 4.69) is 0 Å². The first-order valence-electron chi connectivity index (χ1n) is 6.03. The minimum atomic E-state index is -0.220. The third-order valence-electron chi connectivity index (χ3n) is 2.81. The molecule has 18 heavy (non-hydrogen) atoms. The predicted octanol–water partition coefficient (Wildman–Crippen LogP) is 1.72. The maximum absolute atomic E-state index is 12.1. The van der Waals surface area contributed by atoms with Gasteiger partial charge in [-0.05, 0) is 35.2 Å². The van der Waals surface area contributed by atoms with Crippen LogP contribution in [-0.4, -0.2) is 9.13 Å². The maximum Gasteiger partial charge on any atom is 0.330 e. The molecule has 0 aliphatic carbocycles. The lowest BCUT2D eigenvalue weighted by atomic mass is 10.2. The lowest BCUT2D eigenvalue weighted by Crippen LogP contribution is -2.39. The van der Waals surface area contributed by atoms with Crippen LogP contribution in [0, 0.1) is 0 Å². The molecule has 2 aromatic rings. The van der Waals surface area contributed by atoms with Gasteiger partial charge >= 0.3 is 5.69 Å². The molecule has 2 heterocycles. The molecule has 0 unspecified atom stereocenters. The van der Waals surface area contributed by atoms with Crippen LogP contribution in [0.4, 0.5) is 0 Å². The number of hydrogen-bond donors (Lipinski definition) is 0. The van der Waals surface area contributed by atoms with Crippen molar-refractivity contribution in [2.45, 2.75) is 32.9 Å². The van der Waals surface area contributed by atoms with Gasteiger partial charge in [-0.3, -0.25) is 9.36 Å². The molecular formula is C13H16N2O2S. The number of hydrogen-bond acceptors (Lipinski definition) is 3. The summed E-state index contributed by atoms with van der Waals surface area (Å²) in [5, 5.41) is 4.04. The smallest absolute Gasteiger partial charge is 0.300 e. The lowest BCUT2D eigenvalue weighted by Gasteiger charge is -2.08. The second-order valence-electron chi connectivity index (χ2n) is 4.16. The normalized spacial score (nSPS) is 10.7. The van der Waals surface area contributed by atoms with E-state index >= 15 is 0 Å². The van der Waals surface area contributed by atoms with Crippen LogP contribution in [0.1, 0.15) is 18.9 Å². The first-order valence-corrected chi connectivity index (χ1v) is 6.98. The van der Waals surface area contributed by atoms with Gasteiger partial charge in [0.15, 0.2) is 0 Å². The van der Waals surface area contributed by atoms with Gasteiger partial charge in [0.2, 0.25) is 0 Å². The van der Waals surface area contributed by atoms with E-state index in [1.54, 1.807) is 22.1 Å². The Balaban J connectivity index is 2.24. The van der Waals surface area contributed by atoms with Gasteiger partial charge in [0.1, 0.15) is 0 Å². The van der Waals surface area contributed by atoms with Crippen molar-refractivity contribution < 1.29 is 0 Å². The SMILES string of the molecule is CCCn1ccc(=O)n(CCc2ccsc2)c1=O. The Hall–Kier alpha value is -1.62. The summed E-state index contributed by atoms with van der Waals surface area (Å²) in [6.07, 6.45) is 3.17. The van der Waals surface area contributed by atoms with E-state index in [4.69, 9.17) is 0 Å². The first-order chi connectivity index (χ1) is 8.72. The first kappa shape index (κ1) is 12.8. The van der Waals surface area contributed by atoms with E-state index in [1.807, 2.05) is 23.8 Å². The van der Waals surface area contributed by atoms with Crippen molar-refractivity contribution in [3.8, 4) is 0 Å². The number of nitrogens with zero attached hydrogens (tertiary/aromatic N) is 2. The summed E-state index contributed by atoms with van der Waals surface area (Å²) in [7, 11) is 0. The van der Waals surface area contributed by atoms with Crippen LogP contribution in [0.25, 0.3) is 0 Å². The molecule has 0 saturated heterocycles. The second kappa shape index (κ2) is 5.82. The molecular weight excluding hydrogens is 248 g/mol. The van der Waals surface area contributed by atoms with Gasteiger partial charge in [-0.1, -0.05) is 6.92 Å². The minimum absolute atomic E-state index is 0.209. The summed E-state index contributed by atoms with van der Waals surface area (Å²) in [6, 6.07) is 3.48. The van der Waals surface area contributed by atoms with Crippen LogP contribution < -0.4 is 11.2 Å². The molecule has 0 aromatic carbocycles. The highest BCUT2D eigenvalue weighted by atomic mass is 32.1. The summed E-state index contributed by atoms with van der Waals surface area (Å²) in [5.74, 6) is 0. The highest BCUT2D eigenvalue weighted by molar-refractivity contribution is 7.07. The fourth-order valence-corrected chi connectivity index (χ4v) is 2.55. The molecule has 4 nitrogen and oxygen atoms in total. The molecule has 0 spiro atoms. The summed E-state index contributed by atoms with van der Waals surface area (Å²) in [6.45, 7) is 3.10. The van der Waals surface area contributed by atoms with Crippen LogP contribution in [0.15, 0.2) is 38.7 Å². The van der Waals surface area contributed by atoms with E-state index in [-0.39, 0.29) is 11.2 Å². The fraction of sp³-hybridized carbons (Fsp3) is 0.385. The lowest BCUT2D eigenvalue weighted by molar-refractivity contribution is 0.545. The molecule has 2 aromatic heterocycles. The van der Waals surface area contributed by atoms with Crippen molar-refractivity contribution in [1.29, 1.82) is 0 Å². The summed E-state index contributed by atoms with van der Waals surface area (Å²) in [4.78, 5) is 23.8. The van der Waals surface area contributed by atoms with Gasteiger partial charge in [0.05, 0.1) is 0 Å². The van der Waals surface area contributed by atoms with Crippen LogP contribution in [0.3, 0.4) is 0 Å². The Labute approximate surface area is 109 Å². The molecule has 0 aliphatic rings. The summed E-state index contributed by atoms with van der Waals surface area (Å²) >= 11 is 1.62. The topological polar surface area (TPSA) is 44.0 Å². The highest BCUT2D eigenvalue weighted by Crippen LogP contribution is 2.06. The molecule has 0 atom stereocenters. The van der Waals surface area contributed by atoms with Gasteiger partial charge < -0.3 is 4.57 Å². The van der Waals surface area contributed by atoms with Crippen LogP contribution in [-0.2, 0) is 19.5 Å². The van der Waals surface area contributed by atoms with Crippen molar-refractivity contribution in [3.05, 3.63) is 55.5 Å². The monoisotopic (exact) mass is 264 g/mol. The summed E-state index contributed by atoms with van der Waals surface area (Å²) in [5.41, 5.74) is 0.736. The van der Waals surface area contributed by atoms with Gasteiger partial charge in [-0.15, -0.1) is 0 Å². The average molecular weight is 264 g/mol. The molecule has 96 valence electrons. The Morgan fingerprint density at radius 2 is 2.06 bits per heavy atom. The average Bonchev–Trinajstić information content (AvgIpc) is 2.86. The Morgan fingerprint density at radius 1 is 1.22 bits per heavy atom. The fourth-order valence-electron chi connectivity index (χ4n) is 1.85. The zero-order valence-electron chi connectivity index (χ0n) is 10.3. The Kier molecular flexibility index (Phi) is 4.15. The molecule has 5 heteroatoms. The quantitative estimate of drug-likeness (QED) is 0.825. The van der Waals surface area contributed by atoms with Crippen LogP contribution in [0.2, 0.25) is 0 Å². The van der Waals surface area contributed by atoms with Crippen LogP contribution in [0.5, 0.6) is 0 Å². The maximum atomic E-state index is 12.1. The number of thiophene rings is 1. The van der Waals surface area contributed by atoms with Crippen molar-refractivity contribution >= 4 is 11.3 Å². The van der Waals surface area contributed by atoms with Crippen LogP contribution >= 0.6 is 11.3 Å². The third-order valence-corrected chi connectivity index (χ3v) is 3.54. The Bertz CT molecular complexity index is 611. The van der Waals surface area contributed by atoms with Gasteiger partial charge in [-0.2, -0.15) is 11.3 Å². The molecule has 0 fully saturated rings. The van der Waals surface area contributed by atoms with E-state index in [0.717, 1.165) is 18.4 Å². The standard InChI is InChI=1S/C13H16N2O2S/c1-2-6-14-7-4-12(16)15(13(14)17)8-3-11-5-9-18-10-11/h4-5,7,9-10H,2-3,6,8H2,1H3. The van der Waals surface area contributed by atoms with Gasteiger partial charge in [-0.25, -0.2) is 4.79 Å². The third kappa shape index (κ3) is 2.79. The zero-order chi connectivity index (χ0) is 13.0. The van der Waals surface area contributed by atoms with Crippen molar-refractivity contribution in [2.75, 3.05) is 0 Å². The second-order valence-corrected chi connectivity index (χ2v) is 4.94. The molecule has 0 amide bonds. The molecule has 0 saturated carbocycles. The summed E-state index contributed by atoms with van der Waals surface area (Å²) < 4.78 is 2.91. The van der Waals surface area contributed by atoms with Gasteiger partial charge in [0, 0.05) is 25.4 Å². The molecule has 0 bridgehead atoms. The predicted molar refractivity (Wildman–Crippen MR) is 73.3 cm³/mol. The Morgan fingerprint density at radius 3 is 2.72 bits per heavy atom. The van der Waals surface area contributed by atoms with E-state index in [1.165, 1.54) is 10.6 Å². The zero-order valence-corrected chi connectivity index (χ0v) is 11.2. The van der Waals surface area contributed by atoms with Crippen molar-refractivity contribution in [1.82, 2.24) is 9.13 Å². The minimum Gasteiger partial charge on any atom is -0.300 e. The number of rotatable bonds is 5. The molecule has 0 aliphatic heterocycles. The number of aromatic nitrogens is 2. The molecule has 2 rings (SSSR count). The number of aryl methyl sites for hydroxylation is 2.